The molecule has 0 N–H and O–H groups in total. The highest BCUT2D eigenvalue weighted by Gasteiger charge is 2.40. The number of benzene rings is 2. The Morgan fingerprint density at radius 2 is 1.79 bits per heavy atom. The molecule has 1 unspecified atom stereocenters. The lowest BCUT2D eigenvalue weighted by Gasteiger charge is -2.18. The number of amides is 2. The monoisotopic (exact) mass is 325 g/mol. The van der Waals surface area contributed by atoms with Crippen LogP contribution in [0.5, 0.6) is 0 Å². The van der Waals surface area contributed by atoms with E-state index in [-0.39, 0.29) is 12.1 Å². The number of esters is 1. The van der Waals surface area contributed by atoms with E-state index in [9.17, 15) is 19.2 Å². The van der Waals surface area contributed by atoms with Gasteiger partial charge in [-0.25, -0.2) is 0 Å². The molecule has 1 atom stereocenters. The van der Waals surface area contributed by atoms with Gasteiger partial charge in [-0.3, -0.25) is 24.1 Å². The minimum absolute atomic E-state index is 0.283. The Hall–Kier alpha value is -3.02. The predicted octanol–water partition coefficient (Wildman–Crippen LogP) is 1.81. The van der Waals surface area contributed by atoms with Gasteiger partial charge >= 0.3 is 5.97 Å². The third-order valence-corrected chi connectivity index (χ3v) is 4.21. The Morgan fingerprint density at radius 1 is 1.08 bits per heavy atom. The molecule has 0 spiro atoms. The molecule has 0 aliphatic carbocycles. The van der Waals surface area contributed by atoms with Gasteiger partial charge in [0.1, 0.15) is 11.7 Å². The molecule has 1 aliphatic heterocycles. The van der Waals surface area contributed by atoms with Crippen LogP contribution in [0.25, 0.3) is 10.8 Å². The Balaban J connectivity index is 2.02. The minimum Gasteiger partial charge on any atom is -0.468 e. The zero-order valence-corrected chi connectivity index (χ0v) is 13.2. The Labute approximate surface area is 138 Å². The SMILES string of the molecule is COC(=O)C(CN1C(=O)c2ccc3ccccc3c2C1=O)C(C)=O. The summed E-state index contributed by atoms with van der Waals surface area (Å²) in [6, 6.07) is 10.6. The van der Waals surface area contributed by atoms with Gasteiger partial charge in [-0.15, -0.1) is 0 Å². The number of Topliss-reactive ketones (excluding diaryl/α,β-unsaturated/α-hetero) is 1. The van der Waals surface area contributed by atoms with E-state index in [2.05, 4.69) is 4.74 Å². The standard InChI is InChI=1S/C18H15NO5/c1-10(20)14(18(23)24-2)9-19-16(21)13-8-7-11-5-3-4-6-12(11)15(13)17(19)22/h3-8,14H,9H2,1-2H3. The van der Waals surface area contributed by atoms with Gasteiger partial charge in [0.15, 0.2) is 0 Å². The number of hydrogen-bond donors (Lipinski definition) is 0. The number of nitrogens with zero attached hydrogens (tertiary/aromatic N) is 1. The van der Waals surface area contributed by atoms with Crippen LogP contribution in [0.2, 0.25) is 0 Å². The number of hydrogen-bond acceptors (Lipinski definition) is 5. The van der Waals surface area contributed by atoms with E-state index < -0.39 is 29.5 Å². The van der Waals surface area contributed by atoms with E-state index in [1.54, 1.807) is 24.3 Å². The molecule has 1 heterocycles. The third-order valence-electron chi connectivity index (χ3n) is 4.21. The average molecular weight is 325 g/mol. The van der Waals surface area contributed by atoms with Gasteiger partial charge in [0.25, 0.3) is 11.8 Å². The van der Waals surface area contributed by atoms with Crippen LogP contribution >= 0.6 is 0 Å². The van der Waals surface area contributed by atoms with E-state index in [1.807, 2.05) is 12.1 Å². The molecular weight excluding hydrogens is 310 g/mol. The van der Waals surface area contributed by atoms with E-state index in [0.29, 0.717) is 10.9 Å². The molecule has 0 aromatic heterocycles. The number of ether oxygens (including phenoxy) is 1. The molecule has 0 saturated heterocycles. The fourth-order valence-corrected chi connectivity index (χ4v) is 2.91. The molecule has 0 fully saturated rings. The van der Waals surface area contributed by atoms with Crippen molar-refractivity contribution in [1.82, 2.24) is 4.90 Å². The largest absolute Gasteiger partial charge is 0.468 e. The number of rotatable bonds is 4. The minimum atomic E-state index is -1.18. The van der Waals surface area contributed by atoms with Crippen LogP contribution in [0.4, 0.5) is 0 Å². The molecule has 2 aromatic carbocycles. The fourth-order valence-electron chi connectivity index (χ4n) is 2.91. The lowest BCUT2D eigenvalue weighted by Crippen LogP contribution is -2.40. The molecule has 2 amide bonds. The molecule has 3 rings (SSSR count). The first-order valence-electron chi connectivity index (χ1n) is 7.42. The first kappa shape index (κ1) is 15.9. The molecule has 0 radical (unpaired) electrons. The zero-order valence-electron chi connectivity index (χ0n) is 13.2. The number of imide groups is 1. The average Bonchev–Trinajstić information content (AvgIpc) is 2.83. The second-order valence-corrected chi connectivity index (χ2v) is 5.62. The molecule has 122 valence electrons. The second kappa shape index (κ2) is 5.88. The summed E-state index contributed by atoms with van der Waals surface area (Å²) in [6.07, 6.45) is 0. The Morgan fingerprint density at radius 3 is 2.46 bits per heavy atom. The fraction of sp³-hybridized carbons (Fsp3) is 0.222. The van der Waals surface area contributed by atoms with E-state index in [1.165, 1.54) is 6.92 Å². The second-order valence-electron chi connectivity index (χ2n) is 5.62. The van der Waals surface area contributed by atoms with Crippen LogP contribution in [-0.2, 0) is 14.3 Å². The van der Waals surface area contributed by atoms with Gasteiger partial charge in [0.05, 0.1) is 18.2 Å². The molecule has 0 saturated carbocycles. The highest BCUT2D eigenvalue weighted by atomic mass is 16.5. The first-order chi connectivity index (χ1) is 11.5. The van der Waals surface area contributed by atoms with Crippen molar-refractivity contribution < 1.29 is 23.9 Å². The maximum atomic E-state index is 12.7. The van der Waals surface area contributed by atoms with Crippen LogP contribution < -0.4 is 0 Å². The van der Waals surface area contributed by atoms with Gasteiger partial charge in [-0.05, 0) is 23.8 Å². The molecule has 24 heavy (non-hydrogen) atoms. The van der Waals surface area contributed by atoms with Crippen molar-refractivity contribution in [2.45, 2.75) is 6.92 Å². The Bertz CT molecular complexity index is 886. The molecular formula is C18H15NO5. The topological polar surface area (TPSA) is 80.8 Å². The van der Waals surface area contributed by atoms with Gasteiger partial charge in [-0.1, -0.05) is 30.3 Å². The number of fused-ring (bicyclic) bond motifs is 3. The van der Waals surface area contributed by atoms with Gasteiger partial charge in [0.2, 0.25) is 0 Å². The summed E-state index contributed by atoms with van der Waals surface area (Å²) in [5.74, 6) is -3.39. The Kier molecular flexibility index (Phi) is 3.89. The molecule has 2 aromatic rings. The van der Waals surface area contributed by atoms with Crippen molar-refractivity contribution in [2.75, 3.05) is 13.7 Å². The molecule has 6 nitrogen and oxygen atoms in total. The lowest BCUT2D eigenvalue weighted by atomic mass is 10.0. The van der Waals surface area contributed by atoms with Crippen molar-refractivity contribution in [2.24, 2.45) is 5.92 Å². The summed E-state index contributed by atoms with van der Waals surface area (Å²) in [5.41, 5.74) is 0.594. The van der Waals surface area contributed by atoms with Crippen molar-refractivity contribution in [3.63, 3.8) is 0 Å². The molecule has 0 bridgehead atoms. The maximum Gasteiger partial charge on any atom is 0.318 e. The summed E-state index contributed by atoms with van der Waals surface area (Å²) in [6.45, 7) is 0.915. The first-order valence-corrected chi connectivity index (χ1v) is 7.42. The summed E-state index contributed by atoms with van der Waals surface area (Å²) < 4.78 is 4.59. The molecule has 1 aliphatic rings. The quantitative estimate of drug-likeness (QED) is 0.486. The maximum absolute atomic E-state index is 12.7. The van der Waals surface area contributed by atoms with E-state index in [4.69, 9.17) is 0 Å². The predicted molar refractivity (Wildman–Crippen MR) is 85.5 cm³/mol. The summed E-state index contributed by atoms with van der Waals surface area (Å²) in [5, 5.41) is 1.52. The van der Waals surface area contributed by atoms with Gasteiger partial charge < -0.3 is 4.74 Å². The lowest BCUT2D eigenvalue weighted by molar-refractivity contribution is -0.149. The van der Waals surface area contributed by atoms with Crippen molar-refractivity contribution in [1.29, 1.82) is 0 Å². The number of methoxy groups -OCH3 is 1. The summed E-state index contributed by atoms with van der Waals surface area (Å²) in [4.78, 5) is 49.7. The zero-order chi connectivity index (χ0) is 17.4. The van der Waals surface area contributed by atoms with E-state index in [0.717, 1.165) is 17.4 Å². The van der Waals surface area contributed by atoms with Crippen LogP contribution in [0, 0.1) is 5.92 Å². The van der Waals surface area contributed by atoms with E-state index >= 15 is 0 Å². The van der Waals surface area contributed by atoms with Crippen molar-refractivity contribution >= 4 is 34.3 Å². The molecule has 6 heteroatoms. The van der Waals surface area contributed by atoms with Crippen molar-refractivity contribution in [3.05, 3.63) is 47.5 Å². The third kappa shape index (κ3) is 2.36. The summed E-state index contributed by atoms with van der Waals surface area (Å²) >= 11 is 0. The van der Waals surface area contributed by atoms with Crippen LogP contribution in [-0.4, -0.2) is 42.1 Å². The van der Waals surface area contributed by atoms with Crippen LogP contribution in [0.3, 0.4) is 0 Å². The van der Waals surface area contributed by atoms with Gasteiger partial charge in [-0.2, -0.15) is 0 Å². The number of carbonyl (C=O) groups is 4. The number of carbonyl (C=O) groups excluding carboxylic acids is 4. The summed E-state index contributed by atoms with van der Waals surface area (Å²) in [7, 11) is 1.16. The normalized spacial score (nSPS) is 14.7. The smallest absolute Gasteiger partial charge is 0.318 e. The highest BCUT2D eigenvalue weighted by molar-refractivity contribution is 6.26. The highest BCUT2D eigenvalue weighted by Crippen LogP contribution is 2.30. The number of ketones is 1. The van der Waals surface area contributed by atoms with Crippen molar-refractivity contribution in [3.8, 4) is 0 Å². The van der Waals surface area contributed by atoms with Crippen LogP contribution in [0.1, 0.15) is 27.6 Å². The van der Waals surface area contributed by atoms with Gasteiger partial charge in [0, 0.05) is 6.54 Å². The van der Waals surface area contributed by atoms with Crippen LogP contribution in [0.15, 0.2) is 36.4 Å².